The van der Waals surface area contributed by atoms with Crippen molar-refractivity contribution in [2.24, 2.45) is 0 Å². The predicted molar refractivity (Wildman–Crippen MR) is 63.3 cm³/mol. The summed E-state index contributed by atoms with van der Waals surface area (Å²) in [7, 11) is 1.91. The summed E-state index contributed by atoms with van der Waals surface area (Å²) in [6.07, 6.45) is 3.34. The van der Waals surface area contributed by atoms with Crippen LogP contribution in [-0.2, 0) is 4.84 Å². The molecule has 0 unspecified atom stereocenters. The molecule has 0 amide bonds. The van der Waals surface area contributed by atoms with Crippen molar-refractivity contribution in [3.8, 4) is 5.75 Å². The summed E-state index contributed by atoms with van der Waals surface area (Å²) in [4.78, 5) is 17.4. The monoisotopic (exact) mass is 236 g/mol. The fraction of sp³-hybridized carbons (Fsp3) is 0.462. The number of phenolic OH excluding ortho intramolecular Hbond substituents is 1. The van der Waals surface area contributed by atoms with E-state index in [0.717, 1.165) is 25.9 Å². The number of carbonyl (C=O) groups excluding carboxylic acids is 1. The normalized spacial score (nSPS) is 18.6. The first-order chi connectivity index (χ1) is 8.11. The number of phenols is 1. The number of carbonyl (C=O) groups is 1. The molecule has 4 nitrogen and oxygen atoms in total. The Balaban J connectivity index is 2.09. The molecule has 0 aliphatic carbocycles. The maximum atomic E-state index is 11.9. The van der Waals surface area contributed by atoms with Gasteiger partial charge in [-0.2, -0.15) is 0 Å². The third-order valence-electron chi connectivity index (χ3n) is 3.19. The molecule has 2 rings (SSSR count). The molecule has 17 heavy (non-hydrogen) atoms. The standard InChI is InChI=1S/C13H17NO3/c1-14(9-5-2-6-10-14)17-13(16)11-7-3-4-8-12(11)15/h3-4,7-8H,2,5-6,9-10H2,1H3/p+1. The second-order valence-corrected chi connectivity index (χ2v) is 4.70. The largest absolute Gasteiger partial charge is 0.507 e. The summed E-state index contributed by atoms with van der Waals surface area (Å²) < 4.78 is 0.313. The topological polar surface area (TPSA) is 46.5 Å². The van der Waals surface area contributed by atoms with Gasteiger partial charge in [-0.3, -0.25) is 4.84 Å². The first-order valence-corrected chi connectivity index (χ1v) is 5.97. The molecule has 1 saturated heterocycles. The molecule has 0 radical (unpaired) electrons. The van der Waals surface area contributed by atoms with E-state index in [4.69, 9.17) is 4.84 Å². The summed E-state index contributed by atoms with van der Waals surface area (Å²) in [6.45, 7) is 1.69. The Morgan fingerprint density at radius 1 is 1.24 bits per heavy atom. The van der Waals surface area contributed by atoms with E-state index in [2.05, 4.69) is 0 Å². The second kappa shape index (κ2) is 4.75. The van der Waals surface area contributed by atoms with Gasteiger partial charge in [0, 0.05) is 12.8 Å². The smallest absolute Gasteiger partial charge is 0.401 e. The van der Waals surface area contributed by atoms with E-state index in [9.17, 15) is 9.90 Å². The van der Waals surface area contributed by atoms with Gasteiger partial charge in [0.25, 0.3) is 0 Å². The molecule has 1 aliphatic heterocycles. The fourth-order valence-electron chi connectivity index (χ4n) is 2.17. The second-order valence-electron chi connectivity index (χ2n) is 4.70. The molecule has 1 aliphatic rings. The van der Waals surface area contributed by atoms with Gasteiger partial charge in [0.2, 0.25) is 0 Å². The van der Waals surface area contributed by atoms with Crippen LogP contribution in [0.25, 0.3) is 0 Å². The zero-order chi connectivity index (χ0) is 12.3. The lowest BCUT2D eigenvalue weighted by Gasteiger charge is -2.33. The van der Waals surface area contributed by atoms with Gasteiger partial charge in [-0.1, -0.05) is 12.1 Å². The van der Waals surface area contributed by atoms with Crippen LogP contribution in [0.1, 0.15) is 29.6 Å². The van der Waals surface area contributed by atoms with Gasteiger partial charge in [0.15, 0.2) is 0 Å². The number of benzene rings is 1. The maximum absolute atomic E-state index is 11.9. The van der Waals surface area contributed by atoms with Gasteiger partial charge in [-0.15, -0.1) is 4.65 Å². The number of aromatic hydroxyl groups is 1. The SMILES string of the molecule is C[N+]1(OC(=O)c2ccccc2O)CCCCC1. The van der Waals surface area contributed by atoms with E-state index in [-0.39, 0.29) is 11.3 Å². The number of piperidine rings is 1. The highest BCUT2D eigenvalue weighted by Crippen LogP contribution is 2.22. The molecule has 1 fully saturated rings. The average Bonchev–Trinajstić information content (AvgIpc) is 2.29. The van der Waals surface area contributed by atoms with Crippen molar-refractivity contribution in [3.05, 3.63) is 29.8 Å². The minimum absolute atomic E-state index is 0.0268. The number of para-hydroxylation sites is 1. The van der Waals surface area contributed by atoms with Crippen LogP contribution < -0.4 is 0 Å². The highest BCUT2D eigenvalue weighted by atomic mass is 16.7. The number of likely N-dealkylation sites (tertiary alicyclic amines) is 1. The molecule has 0 spiro atoms. The van der Waals surface area contributed by atoms with Crippen LogP contribution in [0.2, 0.25) is 0 Å². The van der Waals surface area contributed by atoms with E-state index < -0.39 is 5.97 Å². The number of quaternary nitrogens is 1. The number of nitrogens with zero attached hydrogens (tertiary/aromatic N) is 1. The van der Waals surface area contributed by atoms with E-state index in [1.54, 1.807) is 18.2 Å². The van der Waals surface area contributed by atoms with Gasteiger partial charge >= 0.3 is 5.97 Å². The van der Waals surface area contributed by atoms with Crippen molar-refractivity contribution in [1.82, 2.24) is 0 Å². The van der Waals surface area contributed by atoms with Crippen molar-refractivity contribution < 1.29 is 19.4 Å². The lowest BCUT2D eigenvalue weighted by Crippen LogP contribution is -2.49. The zero-order valence-corrected chi connectivity index (χ0v) is 10.1. The predicted octanol–water partition coefficient (Wildman–Crippen LogP) is 2.09. The van der Waals surface area contributed by atoms with Crippen LogP contribution in [0, 0.1) is 0 Å². The highest BCUT2D eigenvalue weighted by molar-refractivity contribution is 5.91. The van der Waals surface area contributed by atoms with E-state index >= 15 is 0 Å². The number of rotatable bonds is 2. The van der Waals surface area contributed by atoms with Crippen LogP contribution >= 0.6 is 0 Å². The maximum Gasteiger partial charge on any atom is 0.401 e. The zero-order valence-electron chi connectivity index (χ0n) is 10.1. The summed E-state index contributed by atoms with van der Waals surface area (Å²) >= 11 is 0. The third-order valence-corrected chi connectivity index (χ3v) is 3.19. The van der Waals surface area contributed by atoms with Crippen LogP contribution in [0.15, 0.2) is 24.3 Å². The molecule has 1 aromatic carbocycles. The highest BCUT2D eigenvalue weighted by Gasteiger charge is 2.31. The molecule has 1 aromatic rings. The summed E-state index contributed by atoms with van der Waals surface area (Å²) in [6, 6.07) is 6.47. The number of hydroxylamine groups is 3. The third kappa shape index (κ3) is 2.77. The van der Waals surface area contributed by atoms with Crippen molar-refractivity contribution in [2.45, 2.75) is 19.3 Å². The number of hydrogen-bond donors (Lipinski definition) is 1. The van der Waals surface area contributed by atoms with Crippen molar-refractivity contribution in [2.75, 3.05) is 20.1 Å². The van der Waals surface area contributed by atoms with Gasteiger partial charge in [-0.25, -0.2) is 4.79 Å². The molecular formula is C13H18NO3+. The van der Waals surface area contributed by atoms with Gasteiger partial charge in [-0.05, 0) is 18.6 Å². The summed E-state index contributed by atoms with van der Waals surface area (Å²) in [5.41, 5.74) is 0.234. The first kappa shape index (κ1) is 11.9. The minimum atomic E-state index is -0.451. The van der Waals surface area contributed by atoms with Crippen LogP contribution in [0.3, 0.4) is 0 Å². The molecule has 4 heteroatoms. The van der Waals surface area contributed by atoms with E-state index in [1.165, 1.54) is 12.5 Å². The van der Waals surface area contributed by atoms with Crippen LogP contribution in [-0.4, -0.2) is 35.9 Å². The van der Waals surface area contributed by atoms with Crippen molar-refractivity contribution >= 4 is 5.97 Å². The van der Waals surface area contributed by atoms with Crippen molar-refractivity contribution in [3.63, 3.8) is 0 Å². The summed E-state index contributed by atoms with van der Waals surface area (Å²) in [5.74, 6) is -0.478. The van der Waals surface area contributed by atoms with Gasteiger partial charge in [0.05, 0.1) is 0 Å². The lowest BCUT2D eigenvalue weighted by molar-refractivity contribution is -1.08. The molecule has 1 heterocycles. The van der Waals surface area contributed by atoms with Crippen LogP contribution in [0.5, 0.6) is 5.75 Å². The molecule has 0 saturated carbocycles. The van der Waals surface area contributed by atoms with E-state index in [0.29, 0.717) is 4.65 Å². The van der Waals surface area contributed by atoms with Crippen LogP contribution in [0.4, 0.5) is 0 Å². The summed E-state index contributed by atoms with van der Waals surface area (Å²) in [5, 5.41) is 9.59. The minimum Gasteiger partial charge on any atom is -0.507 e. The molecule has 1 N–H and O–H groups in total. The van der Waals surface area contributed by atoms with E-state index in [1.807, 2.05) is 7.05 Å². The Morgan fingerprint density at radius 3 is 2.53 bits per heavy atom. The Labute approximate surface area is 101 Å². The molecule has 0 aromatic heterocycles. The first-order valence-electron chi connectivity index (χ1n) is 5.97. The Morgan fingerprint density at radius 2 is 1.88 bits per heavy atom. The van der Waals surface area contributed by atoms with Gasteiger partial charge in [0.1, 0.15) is 31.5 Å². The molecular weight excluding hydrogens is 218 g/mol. The Bertz CT molecular complexity index is 411. The Hall–Kier alpha value is -1.55. The molecule has 0 bridgehead atoms. The Kier molecular flexibility index (Phi) is 3.33. The average molecular weight is 236 g/mol. The van der Waals surface area contributed by atoms with Gasteiger partial charge < -0.3 is 5.11 Å². The fourth-order valence-corrected chi connectivity index (χ4v) is 2.17. The quantitative estimate of drug-likeness (QED) is 0.800. The molecule has 0 atom stereocenters. The molecule has 92 valence electrons. The lowest BCUT2D eigenvalue weighted by atomic mass is 10.1. The van der Waals surface area contributed by atoms with Crippen molar-refractivity contribution in [1.29, 1.82) is 0 Å². The number of hydrogen-bond acceptors (Lipinski definition) is 3.